The summed E-state index contributed by atoms with van der Waals surface area (Å²) in [5.41, 5.74) is 2.68. The number of hydrogen-bond donors (Lipinski definition) is 2. The Morgan fingerprint density at radius 2 is 1.95 bits per heavy atom. The van der Waals surface area contributed by atoms with Gasteiger partial charge in [-0.25, -0.2) is 0 Å². The van der Waals surface area contributed by atoms with Crippen LogP contribution in [0.5, 0.6) is 0 Å². The van der Waals surface area contributed by atoms with Gasteiger partial charge in [-0.2, -0.15) is 0 Å². The minimum absolute atomic E-state index is 0.0110. The van der Waals surface area contributed by atoms with Crippen LogP contribution in [0.15, 0.2) is 60.8 Å². The number of anilines is 3. The van der Waals surface area contributed by atoms with E-state index in [0.29, 0.717) is 49.2 Å². The molecule has 9 nitrogen and oxygen atoms in total. The number of allylic oxidation sites excluding steroid dienone is 1. The van der Waals surface area contributed by atoms with Crippen molar-refractivity contribution in [3.63, 3.8) is 0 Å². The van der Waals surface area contributed by atoms with Crippen molar-refractivity contribution >= 4 is 28.9 Å². The van der Waals surface area contributed by atoms with E-state index in [-0.39, 0.29) is 12.5 Å². The Morgan fingerprint density at radius 1 is 1.14 bits per heavy atom. The van der Waals surface area contributed by atoms with Crippen molar-refractivity contribution in [2.24, 2.45) is 5.92 Å². The van der Waals surface area contributed by atoms with Crippen molar-refractivity contribution in [1.82, 2.24) is 15.0 Å². The molecular weight excluding hydrogens is 470 g/mol. The van der Waals surface area contributed by atoms with E-state index in [2.05, 4.69) is 10.3 Å². The maximum Gasteiger partial charge on any atom is 0.264 e. The number of aryl methyl sites for hydroxylation is 2. The van der Waals surface area contributed by atoms with Crippen LogP contribution < -0.4 is 9.80 Å². The third-order valence-corrected chi connectivity index (χ3v) is 7.29. The smallest absolute Gasteiger partial charge is 0.264 e. The Bertz CT molecular complexity index is 1370. The molecule has 1 aromatic heterocycles. The maximum atomic E-state index is 13.3. The molecule has 2 amide bonds. The molecular formula is C28H31N5O4. The van der Waals surface area contributed by atoms with E-state index in [9.17, 15) is 14.7 Å². The zero-order valence-electron chi connectivity index (χ0n) is 21.0. The van der Waals surface area contributed by atoms with Crippen LogP contribution in [0.25, 0.3) is 0 Å². The number of aliphatic hydroxyl groups excluding tert-OH is 1. The monoisotopic (exact) mass is 501 g/mol. The highest BCUT2D eigenvalue weighted by Crippen LogP contribution is 2.47. The first-order valence-corrected chi connectivity index (χ1v) is 12.6. The van der Waals surface area contributed by atoms with E-state index in [1.54, 1.807) is 35.0 Å². The Kier molecular flexibility index (Phi) is 6.66. The molecule has 0 spiro atoms. The molecule has 3 aromatic rings. The molecule has 0 fully saturated rings. The van der Waals surface area contributed by atoms with Crippen LogP contribution in [0.3, 0.4) is 0 Å². The number of hydrogen-bond acceptors (Lipinski definition) is 6. The van der Waals surface area contributed by atoms with Gasteiger partial charge in [0.1, 0.15) is 0 Å². The largest absolute Gasteiger partial charge is 0.396 e. The number of likely N-dealkylation sites (N-methyl/N-ethyl adjacent to an activating group) is 1. The van der Waals surface area contributed by atoms with E-state index in [4.69, 9.17) is 5.11 Å². The summed E-state index contributed by atoms with van der Waals surface area (Å²) in [5, 5.41) is 28.9. The molecule has 0 aliphatic carbocycles. The second-order valence-corrected chi connectivity index (χ2v) is 9.64. The maximum absolute atomic E-state index is 13.3. The molecule has 192 valence electrons. The number of aliphatic hydroxyl groups is 2. The Balaban J connectivity index is 1.40. The molecule has 2 N–H and O–H groups in total. The molecule has 0 saturated carbocycles. The minimum Gasteiger partial charge on any atom is -0.396 e. The van der Waals surface area contributed by atoms with Gasteiger partial charge in [-0.1, -0.05) is 42.5 Å². The molecule has 9 heteroatoms. The van der Waals surface area contributed by atoms with Crippen molar-refractivity contribution in [2.75, 3.05) is 23.5 Å². The van der Waals surface area contributed by atoms with Gasteiger partial charge in [0.2, 0.25) is 5.91 Å². The lowest BCUT2D eigenvalue weighted by molar-refractivity contribution is -0.139. The molecule has 0 radical (unpaired) electrons. The van der Waals surface area contributed by atoms with Gasteiger partial charge in [0, 0.05) is 56.4 Å². The fraction of sp³-hybridized carbons (Fsp3) is 0.357. The van der Waals surface area contributed by atoms with Gasteiger partial charge in [-0.05, 0) is 42.7 Å². The number of carbonyl (C=O) groups is 2. The van der Waals surface area contributed by atoms with Crippen LogP contribution >= 0.6 is 0 Å². The summed E-state index contributed by atoms with van der Waals surface area (Å²) in [7, 11) is 1.66. The number of aromatic nitrogens is 3. The van der Waals surface area contributed by atoms with Gasteiger partial charge in [0.25, 0.3) is 5.91 Å². The number of rotatable bonds is 8. The highest BCUT2D eigenvalue weighted by molar-refractivity contribution is 6.08. The summed E-state index contributed by atoms with van der Waals surface area (Å²) in [6.07, 6.45) is 7.78. The van der Waals surface area contributed by atoms with Crippen LogP contribution in [0.4, 0.5) is 17.1 Å². The van der Waals surface area contributed by atoms with Gasteiger partial charge in [0.15, 0.2) is 5.60 Å². The third-order valence-electron chi connectivity index (χ3n) is 7.29. The zero-order valence-corrected chi connectivity index (χ0v) is 21.0. The number of carbonyl (C=O) groups excluding carboxylic acids is 2. The van der Waals surface area contributed by atoms with Crippen molar-refractivity contribution < 1.29 is 19.8 Å². The Hall–Kier alpha value is -3.82. The second-order valence-electron chi connectivity index (χ2n) is 9.64. The summed E-state index contributed by atoms with van der Waals surface area (Å²) >= 11 is 0. The first kappa shape index (κ1) is 24.9. The summed E-state index contributed by atoms with van der Waals surface area (Å²) in [6, 6.07) is 13.2. The van der Waals surface area contributed by atoms with Crippen molar-refractivity contribution in [1.29, 1.82) is 0 Å². The average Bonchev–Trinajstić information content (AvgIpc) is 3.43. The molecule has 2 aliphatic heterocycles. The minimum atomic E-state index is -1.75. The summed E-state index contributed by atoms with van der Waals surface area (Å²) in [4.78, 5) is 29.4. The predicted octanol–water partition coefficient (Wildman–Crippen LogP) is 2.87. The summed E-state index contributed by atoms with van der Waals surface area (Å²) < 4.78 is 1.71. The van der Waals surface area contributed by atoms with Crippen LogP contribution in [0.2, 0.25) is 0 Å². The highest BCUT2D eigenvalue weighted by atomic mass is 16.3. The molecule has 2 atom stereocenters. The van der Waals surface area contributed by atoms with Gasteiger partial charge in [0.05, 0.1) is 17.1 Å². The van der Waals surface area contributed by atoms with Gasteiger partial charge in [-0.15, -0.1) is 5.10 Å². The van der Waals surface area contributed by atoms with Crippen molar-refractivity contribution in [2.45, 2.75) is 44.8 Å². The number of para-hydroxylation sites is 1. The second kappa shape index (κ2) is 9.91. The standard InChI is InChI=1S/C28H31N5O4/c1-19(7-5-6-15-32-18-21(14-16-34)29-30-32)28(37)23-17-22(11-12-25(23)31(2)27(28)36)33-24-9-4-3-8-20(24)10-13-26(33)35/h3-5,7-9,11-12,17-19,34,37H,6,10,13-16H2,1-2H3/b7-5+/t19-,28+/m1/s1. The molecule has 3 heterocycles. The molecule has 5 rings (SSSR count). The van der Waals surface area contributed by atoms with Crippen LogP contribution in [0, 0.1) is 5.92 Å². The normalized spacial score (nSPS) is 20.0. The molecule has 0 bridgehead atoms. The van der Waals surface area contributed by atoms with Gasteiger partial charge in [-0.3, -0.25) is 19.2 Å². The van der Waals surface area contributed by atoms with E-state index >= 15 is 0 Å². The number of benzene rings is 2. The van der Waals surface area contributed by atoms with E-state index < -0.39 is 17.4 Å². The fourth-order valence-corrected chi connectivity index (χ4v) is 5.22. The Morgan fingerprint density at radius 3 is 2.76 bits per heavy atom. The summed E-state index contributed by atoms with van der Waals surface area (Å²) in [6.45, 7) is 2.43. The zero-order chi connectivity index (χ0) is 26.2. The Labute approximate surface area is 215 Å². The SMILES string of the molecule is C[C@H](/C=C/CCn1cc(CCO)nn1)[C@@]1(O)C(=O)N(C)c2ccc(N3C(=O)CCc4ccccc43)cc21. The van der Waals surface area contributed by atoms with Gasteiger partial charge < -0.3 is 15.1 Å². The first-order valence-electron chi connectivity index (χ1n) is 12.6. The predicted molar refractivity (Wildman–Crippen MR) is 139 cm³/mol. The van der Waals surface area contributed by atoms with Crippen LogP contribution in [0.1, 0.15) is 36.6 Å². The number of nitrogens with zero attached hydrogens (tertiary/aromatic N) is 5. The third kappa shape index (κ3) is 4.34. The topological polar surface area (TPSA) is 112 Å². The molecule has 2 aliphatic rings. The lowest BCUT2D eigenvalue weighted by Crippen LogP contribution is -2.43. The van der Waals surface area contributed by atoms with Crippen LogP contribution in [-0.4, -0.2) is 50.7 Å². The quantitative estimate of drug-likeness (QED) is 0.459. The lowest BCUT2D eigenvalue weighted by atomic mass is 9.82. The molecule has 37 heavy (non-hydrogen) atoms. The van der Waals surface area contributed by atoms with E-state index in [1.165, 1.54) is 4.90 Å². The summed E-state index contributed by atoms with van der Waals surface area (Å²) in [5.74, 6) is -0.917. The molecule has 0 unspecified atom stereocenters. The average molecular weight is 502 g/mol. The van der Waals surface area contributed by atoms with E-state index in [0.717, 1.165) is 16.9 Å². The highest BCUT2D eigenvalue weighted by Gasteiger charge is 2.51. The van der Waals surface area contributed by atoms with Crippen molar-refractivity contribution in [3.05, 3.63) is 77.6 Å². The fourth-order valence-electron chi connectivity index (χ4n) is 5.22. The van der Waals surface area contributed by atoms with Gasteiger partial charge >= 0.3 is 0 Å². The molecule has 2 aromatic carbocycles. The van der Waals surface area contributed by atoms with E-state index in [1.807, 2.05) is 49.4 Å². The van der Waals surface area contributed by atoms with Crippen molar-refractivity contribution in [3.8, 4) is 0 Å². The molecule has 0 saturated heterocycles. The number of fused-ring (bicyclic) bond motifs is 2. The lowest BCUT2D eigenvalue weighted by Gasteiger charge is -2.31. The first-order chi connectivity index (χ1) is 17.8. The number of amides is 2. The van der Waals surface area contributed by atoms with Crippen LogP contribution in [-0.2, 0) is 34.6 Å².